The Labute approximate surface area is 109 Å². The maximum absolute atomic E-state index is 6.07. The highest BCUT2D eigenvalue weighted by Crippen LogP contribution is 2.42. The van der Waals surface area contributed by atoms with Gasteiger partial charge in [-0.1, -0.05) is 12.1 Å². The van der Waals surface area contributed by atoms with Gasteiger partial charge in [-0.3, -0.25) is 0 Å². The SMILES string of the molecule is CC1SCCSC1c1noc(C(N)C2CC2)n1. The van der Waals surface area contributed by atoms with Gasteiger partial charge in [0.25, 0.3) is 0 Å². The van der Waals surface area contributed by atoms with Crippen molar-refractivity contribution in [3.8, 4) is 0 Å². The van der Waals surface area contributed by atoms with Crippen LogP contribution in [0.2, 0.25) is 0 Å². The first kappa shape index (κ1) is 11.9. The number of rotatable bonds is 3. The second kappa shape index (κ2) is 4.82. The van der Waals surface area contributed by atoms with Gasteiger partial charge < -0.3 is 10.3 Å². The summed E-state index contributed by atoms with van der Waals surface area (Å²) in [7, 11) is 0. The van der Waals surface area contributed by atoms with Crippen molar-refractivity contribution in [1.29, 1.82) is 0 Å². The summed E-state index contributed by atoms with van der Waals surface area (Å²) < 4.78 is 5.32. The van der Waals surface area contributed by atoms with Gasteiger partial charge in [0.05, 0.1) is 11.3 Å². The van der Waals surface area contributed by atoms with Crippen LogP contribution >= 0.6 is 23.5 Å². The highest BCUT2D eigenvalue weighted by molar-refractivity contribution is 8.06. The first-order valence-electron chi connectivity index (χ1n) is 6.08. The van der Waals surface area contributed by atoms with E-state index in [9.17, 15) is 0 Å². The smallest absolute Gasteiger partial charge is 0.243 e. The molecule has 2 N–H and O–H groups in total. The van der Waals surface area contributed by atoms with Crippen LogP contribution in [0.1, 0.15) is 42.8 Å². The van der Waals surface area contributed by atoms with Crippen LogP contribution in [0.5, 0.6) is 0 Å². The van der Waals surface area contributed by atoms with Crippen LogP contribution in [-0.2, 0) is 0 Å². The lowest BCUT2D eigenvalue weighted by atomic mass is 10.2. The molecule has 0 bridgehead atoms. The molecule has 0 radical (unpaired) electrons. The third-order valence-electron chi connectivity index (χ3n) is 3.31. The average molecular weight is 271 g/mol. The lowest BCUT2D eigenvalue weighted by Crippen LogP contribution is -2.17. The molecule has 0 aromatic carbocycles. The van der Waals surface area contributed by atoms with Gasteiger partial charge in [0.1, 0.15) is 0 Å². The van der Waals surface area contributed by atoms with E-state index in [1.807, 2.05) is 23.5 Å². The molecule has 94 valence electrons. The summed E-state index contributed by atoms with van der Waals surface area (Å²) in [5, 5.41) is 5.03. The number of hydrogen-bond acceptors (Lipinski definition) is 6. The summed E-state index contributed by atoms with van der Waals surface area (Å²) in [6.45, 7) is 2.23. The normalized spacial score (nSPS) is 31.4. The predicted octanol–water partition coefficient (Wildman–Crippen LogP) is 2.39. The number of nitrogens with two attached hydrogens (primary N) is 1. The largest absolute Gasteiger partial charge is 0.338 e. The van der Waals surface area contributed by atoms with Gasteiger partial charge in [-0.15, -0.1) is 11.8 Å². The molecule has 1 aliphatic carbocycles. The molecule has 2 fully saturated rings. The monoisotopic (exact) mass is 271 g/mol. The quantitative estimate of drug-likeness (QED) is 0.910. The summed E-state index contributed by atoms with van der Waals surface area (Å²) in [4.78, 5) is 4.51. The van der Waals surface area contributed by atoms with Crippen molar-refractivity contribution >= 4 is 23.5 Å². The van der Waals surface area contributed by atoms with Crippen LogP contribution in [-0.4, -0.2) is 26.9 Å². The van der Waals surface area contributed by atoms with Crippen molar-refractivity contribution in [1.82, 2.24) is 10.1 Å². The fourth-order valence-electron chi connectivity index (χ4n) is 2.07. The Hall–Kier alpha value is -0.200. The van der Waals surface area contributed by atoms with E-state index in [-0.39, 0.29) is 6.04 Å². The highest BCUT2D eigenvalue weighted by Gasteiger charge is 2.35. The van der Waals surface area contributed by atoms with Gasteiger partial charge in [0, 0.05) is 16.8 Å². The van der Waals surface area contributed by atoms with Gasteiger partial charge >= 0.3 is 0 Å². The van der Waals surface area contributed by atoms with E-state index < -0.39 is 0 Å². The van der Waals surface area contributed by atoms with Gasteiger partial charge in [-0.25, -0.2) is 0 Å². The second-order valence-electron chi connectivity index (χ2n) is 4.72. The minimum atomic E-state index is -0.0483. The first-order chi connectivity index (χ1) is 8.25. The lowest BCUT2D eigenvalue weighted by Gasteiger charge is -2.24. The maximum atomic E-state index is 6.07. The molecule has 0 amide bonds. The third-order valence-corrected chi connectivity index (χ3v) is 6.40. The zero-order valence-corrected chi connectivity index (χ0v) is 11.5. The summed E-state index contributed by atoms with van der Waals surface area (Å²) in [5.41, 5.74) is 6.07. The molecule has 4 nitrogen and oxygen atoms in total. The van der Waals surface area contributed by atoms with Crippen molar-refractivity contribution in [2.24, 2.45) is 11.7 Å². The molecule has 17 heavy (non-hydrogen) atoms. The Morgan fingerprint density at radius 2 is 2.12 bits per heavy atom. The molecule has 3 unspecified atom stereocenters. The molecular weight excluding hydrogens is 254 g/mol. The Kier molecular flexibility index (Phi) is 3.36. The minimum absolute atomic E-state index is 0.0483. The standard InChI is InChI=1S/C11H17N3OS2/c1-6-9(17-5-4-16-6)10-13-11(15-14-10)8(12)7-2-3-7/h6-9H,2-5,12H2,1H3. The predicted molar refractivity (Wildman–Crippen MR) is 71.1 cm³/mol. The summed E-state index contributed by atoms with van der Waals surface area (Å²) in [6, 6.07) is -0.0483. The molecular formula is C11H17N3OS2. The molecule has 1 aliphatic heterocycles. The van der Waals surface area contributed by atoms with Crippen LogP contribution < -0.4 is 5.73 Å². The minimum Gasteiger partial charge on any atom is -0.338 e. The zero-order valence-electron chi connectivity index (χ0n) is 9.83. The summed E-state index contributed by atoms with van der Waals surface area (Å²) in [6.07, 6.45) is 2.40. The molecule has 1 aromatic heterocycles. The Balaban J connectivity index is 1.74. The van der Waals surface area contributed by atoms with Gasteiger partial charge in [-0.05, 0) is 18.8 Å². The van der Waals surface area contributed by atoms with E-state index in [0.29, 0.717) is 22.3 Å². The van der Waals surface area contributed by atoms with Crippen LogP contribution in [0.4, 0.5) is 0 Å². The van der Waals surface area contributed by atoms with E-state index in [1.165, 1.54) is 18.6 Å². The van der Waals surface area contributed by atoms with E-state index in [0.717, 1.165) is 11.6 Å². The van der Waals surface area contributed by atoms with Crippen molar-refractivity contribution in [3.63, 3.8) is 0 Å². The van der Waals surface area contributed by atoms with Gasteiger partial charge in [-0.2, -0.15) is 16.7 Å². The topological polar surface area (TPSA) is 64.9 Å². The van der Waals surface area contributed by atoms with E-state index >= 15 is 0 Å². The van der Waals surface area contributed by atoms with Gasteiger partial charge in [0.15, 0.2) is 5.82 Å². The van der Waals surface area contributed by atoms with E-state index in [4.69, 9.17) is 10.3 Å². The molecule has 3 atom stereocenters. The molecule has 1 saturated heterocycles. The summed E-state index contributed by atoms with van der Waals surface area (Å²) >= 11 is 3.91. The van der Waals surface area contributed by atoms with Crippen LogP contribution in [0.3, 0.4) is 0 Å². The fourth-order valence-corrected chi connectivity index (χ4v) is 4.75. The second-order valence-corrected chi connectivity index (χ2v) is 7.46. The van der Waals surface area contributed by atoms with Crippen LogP contribution in [0.15, 0.2) is 4.52 Å². The number of aromatic nitrogens is 2. The third kappa shape index (κ3) is 2.48. The molecule has 1 saturated carbocycles. The molecule has 2 heterocycles. The molecule has 6 heteroatoms. The van der Waals surface area contributed by atoms with Crippen molar-refractivity contribution in [2.45, 2.75) is 36.3 Å². The summed E-state index contributed by atoms with van der Waals surface area (Å²) in [5.74, 6) is 4.41. The Morgan fingerprint density at radius 1 is 1.35 bits per heavy atom. The Bertz CT molecular complexity index is 394. The highest BCUT2D eigenvalue weighted by atomic mass is 32.2. The van der Waals surface area contributed by atoms with E-state index in [2.05, 4.69) is 17.1 Å². The number of hydrogen-bond donors (Lipinski definition) is 1. The maximum Gasteiger partial charge on any atom is 0.243 e. The van der Waals surface area contributed by atoms with Crippen molar-refractivity contribution in [3.05, 3.63) is 11.7 Å². The first-order valence-corrected chi connectivity index (χ1v) is 8.17. The van der Waals surface area contributed by atoms with Crippen LogP contribution in [0.25, 0.3) is 0 Å². The molecule has 2 aliphatic rings. The zero-order chi connectivity index (χ0) is 11.8. The fraction of sp³-hybridized carbons (Fsp3) is 0.818. The van der Waals surface area contributed by atoms with Crippen molar-refractivity contribution < 1.29 is 4.52 Å². The number of thioether (sulfide) groups is 2. The number of nitrogens with zero attached hydrogens (tertiary/aromatic N) is 2. The molecule has 1 aromatic rings. The van der Waals surface area contributed by atoms with Gasteiger partial charge in [0.2, 0.25) is 5.89 Å². The van der Waals surface area contributed by atoms with Crippen molar-refractivity contribution in [2.75, 3.05) is 11.5 Å². The van der Waals surface area contributed by atoms with Crippen LogP contribution in [0, 0.1) is 5.92 Å². The Morgan fingerprint density at radius 3 is 2.82 bits per heavy atom. The van der Waals surface area contributed by atoms with E-state index in [1.54, 1.807) is 0 Å². The molecule has 3 rings (SSSR count). The molecule has 0 spiro atoms. The average Bonchev–Trinajstić information content (AvgIpc) is 3.07. The lowest BCUT2D eigenvalue weighted by molar-refractivity contribution is 0.340.